The van der Waals surface area contributed by atoms with Crippen molar-refractivity contribution in [1.29, 1.82) is 0 Å². The summed E-state index contributed by atoms with van der Waals surface area (Å²) in [6.07, 6.45) is 0. The molecule has 0 heterocycles. The fourth-order valence-electron chi connectivity index (χ4n) is 2.99. The number of likely N-dealkylation sites (N-methyl/N-ethyl adjacent to an activating group) is 1. The molecule has 0 aliphatic carbocycles. The molecule has 5 nitrogen and oxygen atoms in total. The number of aryl methyl sites for hydroxylation is 2. The van der Waals surface area contributed by atoms with Gasteiger partial charge in [-0.05, 0) is 58.4 Å². The molecule has 0 aliphatic rings. The summed E-state index contributed by atoms with van der Waals surface area (Å²) in [7, 11) is 0. The zero-order chi connectivity index (χ0) is 20.0. The minimum absolute atomic E-state index is 0.348. The van der Waals surface area contributed by atoms with Gasteiger partial charge in [0, 0.05) is 17.8 Å². The van der Waals surface area contributed by atoms with Crippen LogP contribution >= 0.6 is 0 Å². The summed E-state index contributed by atoms with van der Waals surface area (Å²) in [5.41, 5.74) is 3.68. The smallest absolute Gasteiger partial charge is 0.316 e. The number of carbonyl (C=O) groups excluding carboxylic acids is 2. The van der Waals surface area contributed by atoms with Crippen molar-refractivity contribution in [3.05, 3.63) is 59.2 Å². The third-order valence-electron chi connectivity index (χ3n) is 4.35. The number of amides is 2. The summed E-state index contributed by atoms with van der Waals surface area (Å²) >= 11 is 0. The van der Waals surface area contributed by atoms with Crippen molar-refractivity contribution in [2.75, 3.05) is 18.1 Å². The Morgan fingerprint density at radius 3 is 2.41 bits per heavy atom. The SMILES string of the molecule is CCOc1ccc(C)cc1C(C)NC(=O)C(=O)N(CC)c1cccc(C)c1. The van der Waals surface area contributed by atoms with Crippen molar-refractivity contribution in [1.82, 2.24) is 5.32 Å². The highest BCUT2D eigenvalue weighted by Gasteiger charge is 2.24. The van der Waals surface area contributed by atoms with E-state index >= 15 is 0 Å². The quantitative estimate of drug-likeness (QED) is 0.786. The molecule has 0 bridgehead atoms. The summed E-state index contributed by atoms with van der Waals surface area (Å²) in [6.45, 7) is 10.5. The molecule has 1 unspecified atom stereocenters. The average molecular weight is 368 g/mol. The van der Waals surface area contributed by atoms with Gasteiger partial charge in [-0.2, -0.15) is 0 Å². The summed E-state index contributed by atoms with van der Waals surface area (Å²) in [5, 5.41) is 2.81. The van der Waals surface area contributed by atoms with Gasteiger partial charge in [0.05, 0.1) is 12.6 Å². The Hall–Kier alpha value is -2.82. The molecule has 0 spiro atoms. The summed E-state index contributed by atoms with van der Waals surface area (Å²) in [5.74, 6) is -0.482. The van der Waals surface area contributed by atoms with Crippen LogP contribution in [0.25, 0.3) is 0 Å². The van der Waals surface area contributed by atoms with Gasteiger partial charge in [-0.25, -0.2) is 0 Å². The molecule has 0 radical (unpaired) electrons. The zero-order valence-corrected chi connectivity index (χ0v) is 16.7. The topological polar surface area (TPSA) is 58.6 Å². The molecule has 0 saturated heterocycles. The van der Waals surface area contributed by atoms with Crippen molar-refractivity contribution >= 4 is 17.5 Å². The van der Waals surface area contributed by atoms with E-state index in [0.29, 0.717) is 13.2 Å². The molecule has 2 rings (SSSR count). The Bertz CT molecular complexity index is 817. The summed E-state index contributed by atoms with van der Waals surface area (Å²) in [4.78, 5) is 26.8. The van der Waals surface area contributed by atoms with Crippen LogP contribution in [0.5, 0.6) is 5.75 Å². The van der Waals surface area contributed by atoms with E-state index in [4.69, 9.17) is 4.74 Å². The monoisotopic (exact) mass is 368 g/mol. The molecule has 2 aromatic rings. The van der Waals surface area contributed by atoms with Gasteiger partial charge >= 0.3 is 11.8 Å². The van der Waals surface area contributed by atoms with Crippen molar-refractivity contribution in [2.45, 2.75) is 40.7 Å². The van der Waals surface area contributed by atoms with Gasteiger partial charge in [0.2, 0.25) is 0 Å². The number of rotatable bonds is 6. The van der Waals surface area contributed by atoms with Crippen LogP contribution in [-0.4, -0.2) is 25.0 Å². The van der Waals surface area contributed by atoms with Crippen LogP contribution < -0.4 is 15.0 Å². The maximum Gasteiger partial charge on any atom is 0.316 e. The van der Waals surface area contributed by atoms with Crippen molar-refractivity contribution < 1.29 is 14.3 Å². The molecule has 0 fully saturated rings. The third kappa shape index (κ3) is 5.09. The first kappa shape index (κ1) is 20.5. The first-order valence-corrected chi connectivity index (χ1v) is 9.29. The maximum absolute atomic E-state index is 12.7. The second-order valence-corrected chi connectivity index (χ2v) is 6.56. The average Bonchev–Trinajstić information content (AvgIpc) is 2.63. The van der Waals surface area contributed by atoms with Crippen LogP contribution in [0.2, 0.25) is 0 Å². The summed E-state index contributed by atoms with van der Waals surface area (Å²) in [6, 6.07) is 13.0. The van der Waals surface area contributed by atoms with Gasteiger partial charge in [0.25, 0.3) is 0 Å². The molecule has 0 saturated carbocycles. The number of benzene rings is 2. The molecular weight excluding hydrogens is 340 g/mol. The minimum Gasteiger partial charge on any atom is -0.494 e. The normalized spacial score (nSPS) is 11.6. The largest absolute Gasteiger partial charge is 0.494 e. The van der Waals surface area contributed by atoms with E-state index < -0.39 is 11.8 Å². The van der Waals surface area contributed by atoms with Gasteiger partial charge in [-0.1, -0.05) is 29.8 Å². The van der Waals surface area contributed by atoms with E-state index in [-0.39, 0.29) is 6.04 Å². The van der Waals surface area contributed by atoms with Gasteiger partial charge < -0.3 is 15.0 Å². The molecule has 27 heavy (non-hydrogen) atoms. The van der Waals surface area contributed by atoms with Crippen LogP contribution in [-0.2, 0) is 9.59 Å². The number of hydrogen-bond donors (Lipinski definition) is 1. The molecule has 1 atom stereocenters. The molecule has 0 aliphatic heterocycles. The molecule has 2 aromatic carbocycles. The second-order valence-electron chi connectivity index (χ2n) is 6.56. The number of anilines is 1. The number of nitrogens with one attached hydrogen (secondary N) is 1. The molecule has 2 amide bonds. The summed E-state index contributed by atoms with van der Waals surface area (Å²) < 4.78 is 5.66. The first-order valence-electron chi connectivity index (χ1n) is 9.29. The number of ether oxygens (including phenoxy) is 1. The van der Waals surface area contributed by atoms with Crippen LogP contribution in [0.4, 0.5) is 5.69 Å². The number of nitrogens with zero attached hydrogens (tertiary/aromatic N) is 1. The van der Waals surface area contributed by atoms with E-state index in [1.165, 1.54) is 4.90 Å². The van der Waals surface area contributed by atoms with Crippen LogP contribution in [0, 0.1) is 13.8 Å². The van der Waals surface area contributed by atoms with Gasteiger partial charge in [-0.3, -0.25) is 9.59 Å². The van der Waals surface area contributed by atoms with Gasteiger partial charge in [0.15, 0.2) is 0 Å². The lowest BCUT2D eigenvalue weighted by Gasteiger charge is -2.23. The zero-order valence-electron chi connectivity index (χ0n) is 16.7. The molecule has 0 aromatic heterocycles. The highest BCUT2D eigenvalue weighted by Crippen LogP contribution is 2.26. The first-order chi connectivity index (χ1) is 12.9. The van der Waals surface area contributed by atoms with Crippen LogP contribution in [0.3, 0.4) is 0 Å². The second kappa shape index (κ2) is 9.21. The van der Waals surface area contributed by atoms with E-state index in [0.717, 1.165) is 28.1 Å². The Kier molecular flexibility index (Phi) is 6.99. The van der Waals surface area contributed by atoms with E-state index in [9.17, 15) is 9.59 Å². The predicted molar refractivity (Wildman–Crippen MR) is 108 cm³/mol. The Morgan fingerprint density at radius 2 is 1.78 bits per heavy atom. The molecule has 5 heteroatoms. The minimum atomic E-state index is -0.630. The van der Waals surface area contributed by atoms with Crippen LogP contribution in [0.1, 0.15) is 43.5 Å². The fourth-order valence-corrected chi connectivity index (χ4v) is 2.99. The van der Waals surface area contributed by atoms with E-state index in [1.54, 1.807) is 0 Å². The third-order valence-corrected chi connectivity index (χ3v) is 4.35. The van der Waals surface area contributed by atoms with Crippen LogP contribution in [0.15, 0.2) is 42.5 Å². The highest BCUT2D eigenvalue weighted by molar-refractivity contribution is 6.40. The Morgan fingerprint density at radius 1 is 1.07 bits per heavy atom. The van der Waals surface area contributed by atoms with Gasteiger partial charge in [0.1, 0.15) is 5.75 Å². The van der Waals surface area contributed by atoms with Crippen molar-refractivity contribution in [3.63, 3.8) is 0 Å². The van der Waals surface area contributed by atoms with Crippen molar-refractivity contribution in [2.24, 2.45) is 0 Å². The Labute approximate surface area is 161 Å². The lowest BCUT2D eigenvalue weighted by molar-refractivity contribution is -0.138. The molecular formula is C22H28N2O3. The maximum atomic E-state index is 12.7. The lowest BCUT2D eigenvalue weighted by atomic mass is 10.0. The van der Waals surface area contributed by atoms with E-state index in [1.807, 2.05) is 77.1 Å². The van der Waals surface area contributed by atoms with Crippen molar-refractivity contribution in [3.8, 4) is 5.75 Å². The molecule has 144 valence electrons. The predicted octanol–water partition coefficient (Wildman–Crippen LogP) is 3.93. The highest BCUT2D eigenvalue weighted by atomic mass is 16.5. The number of carbonyl (C=O) groups is 2. The Balaban J connectivity index is 2.18. The van der Waals surface area contributed by atoms with Gasteiger partial charge in [-0.15, -0.1) is 0 Å². The standard InChI is InChI=1S/C22H28N2O3/c1-6-24(18-10-8-9-15(3)13-18)22(26)21(25)23-17(5)19-14-16(4)11-12-20(19)27-7-2/h8-14,17H,6-7H2,1-5H3,(H,23,25). The molecule has 1 N–H and O–H groups in total. The number of hydrogen-bond acceptors (Lipinski definition) is 3. The lowest BCUT2D eigenvalue weighted by Crippen LogP contribution is -2.44. The van der Waals surface area contributed by atoms with E-state index in [2.05, 4.69) is 5.32 Å². The fraction of sp³-hybridized carbons (Fsp3) is 0.364.